The third-order valence-electron chi connectivity index (χ3n) is 3.82. The molecule has 1 aliphatic carbocycles. The summed E-state index contributed by atoms with van der Waals surface area (Å²) in [6.07, 6.45) is 4.22. The minimum atomic E-state index is -0.459. The molecule has 1 saturated carbocycles. The van der Waals surface area contributed by atoms with Gasteiger partial charge < -0.3 is 5.11 Å². The third kappa shape index (κ3) is 4.01. The van der Waals surface area contributed by atoms with Crippen LogP contribution in [0, 0.1) is 0 Å². The van der Waals surface area contributed by atoms with Gasteiger partial charge in [-0.15, -0.1) is 11.3 Å². The van der Waals surface area contributed by atoms with Crippen LogP contribution < -0.4 is 0 Å². The van der Waals surface area contributed by atoms with Gasteiger partial charge in [0.15, 0.2) is 0 Å². The van der Waals surface area contributed by atoms with Crippen LogP contribution in [0.25, 0.3) is 0 Å². The van der Waals surface area contributed by atoms with Crippen molar-refractivity contribution in [3.8, 4) is 0 Å². The van der Waals surface area contributed by atoms with E-state index in [1.807, 2.05) is 0 Å². The summed E-state index contributed by atoms with van der Waals surface area (Å²) in [5.74, 6) is 0. The summed E-state index contributed by atoms with van der Waals surface area (Å²) in [5, 5.41) is 13.7. The van der Waals surface area contributed by atoms with Crippen molar-refractivity contribution in [3.63, 3.8) is 0 Å². The Morgan fingerprint density at radius 1 is 1.37 bits per heavy atom. The summed E-state index contributed by atoms with van der Waals surface area (Å²) in [6.45, 7) is 8.17. The average Bonchev–Trinajstić information content (AvgIpc) is 2.86. The first-order chi connectivity index (χ1) is 8.78. The van der Waals surface area contributed by atoms with Gasteiger partial charge >= 0.3 is 0 Å². The standard InChI is InChI=1S/C15H26N2OS/c1-14(2,3)12-10-19-13(16-12)9-17(4)11-15(18)7-5-6-8-15/h10,18H,5-9,11H2,1-4H3. The molecule has 1 N–H and O–H groups in total. The van der Waals surface area contributed by atoms with Crippen LogP contribution in [0.1, 0.15) is 57.2 Å². The molecule has 1 fully saturated rings. The van der Waals surface area contributed by atoms with Gasteiger partial charge in [-0.1, -0.05) is 33.6 Å². The maximum absolute atomic E-state index is 10.4. The van der Waals surface area contributed by atoms with Gasteiger partial charge in [-0.25, -0.2) is 4.98 Å². The van der Waals surface area contributed by atoms with E-state index in [0.717, 1.165) is 43.8 Å². The second-order valence-electron chi connectivity index (χ2n) is 6.98. The average molecular weight is 282 g/mol. The second kappa shape index (κ2) is 5.51. The van der Waals surface area contributed by atoms with Crippen LogP contribution in [0.15, 0.2) is 5.38 Å². The largest absolute Gasteiger partial charge is 0.389 e. The van der Waals surface area contributed by atoms with Crippen molar-refractivity contribution in [1.82, 2.24) is 9.88 Å². The molecular weight excluding hydrogens is 256 g/mol. The van der Waals surface area contributed by atoms with E-state index in [1.54, 1.807) is 11.3 Å². The number of likely N-dealkylation sites (N-methyl/N-ethyl adjacent to an activating group) is 1. The lowest BCUT2D eigenvalue weighted by Crippen LogP contribution is -2.38. The summed E-state index contributed by atoms with van der Waals surface area (Å²) in [6, 6.07) is 0. The number of thiazole rings is 1. The van der Waals surface area contributed by atoms with Crippen LogP contribution >= 0.6 is 11.3 Å². The zero-order valence-corrected chi connectivity index (χ0v) is 13.4. The number of aliphatic hydroxyl groups is 1. The van der Waals surface area contributed by atoms with Crippen LogP contribution in [0.3, 0.4) is 0 Å². The molecule has 0 bridgehead atoms. The molecule has 3 nitrogen and oxygen atoms in total. The van der Waals surface area contributed by atoms with E-state index in [2.05, 4.69) is 38.1 Å². The van der Waals surface area contributed by atoms with Crippen LogP contribution in [0.2, 0.25) is 0 Å². The van der Waals surface area contributed by atoms with E-state index in [1.165, 1.54) is 5.69 Å². The molecule has 0 unspecified atom stereocenters. The molecule has 0 spiro atoms. The van der Waals surface area contributed by atoms with Gasteiger partial charge in [0, 0.05) is 17.3 Å². The number of nitrogens with zero attached hydrogens (tertiary/aromatic N) is 2. The fourth-order valence-corrected chi connectivity index (χ4v) is 3.81. The lowest BCUT2D eigenvalue weighted by Gasteiger charge is -2.28. The maximum Gasteiger partial charge on any atom is 0.107 e. The lowest BCUT2D eigenvalue weighted by molar-refractivity contribution is 0.0145. The van der Waals surface area contributed by atoms with Gasteiger partial charge in [0.1, 0.15) is 5.01 Å². The third-order valence-corrected chi connectivity index (χ3v) is 4.66. The Kier molecular flexibility index (Phi) is 4.33. The molecule has 108 valence electrons. The zero-order chi connectivity index (χ0) is 14.1. The van der Waals surface area contributed by atoms with Crippen LogP contribution in [-0.4, -0.2) is 34.2 Å². The molecule has 0 aliphatic heterocycles. The second-order valence-corrected chi connectivity index (χ2v) is 7.92. The van der Waals surface area contributed by atoms with Gasteiger partial charge in [0.05, 0.1) is 17.8 Å². The fourth-order valence-electron chi connectivity index (χ4n) is 2.71. The number of rotatable bonds is 4. The molecule has 0 atom stereocenters. The molecule has 1 heterocycles. The number of hydrogen-bond donors (Lipinski definition) is 1. The Hall–Kier alpha value is -0.450. The maximum atomic E-state index is 10.4. The Bertz CT molecular complexity index is 416. The topological polar surface area (TPSA) is 36.4 Å². The number of hydrogen-bond acceptors (Lipinski definition) is 4. The molecule has 0 radical (unpaired) electrons. The minimum Gasteiger partial charge on any atom is -0.389 e. The Morgan fingerprint density at radius 3 is 2.53 bits per heavy atom. The van der Waals surface area contributed by atoms with Crippen LogP contribution in [0.5, 0.6) is 0 Å². The van der Waals surface area contributed by atoms with Crippen LogP contribution in [-0.2, 0) is 12.0 Å². The zero-order valence-electron chi connectivity index (χ0n) is 12.6. The van der Waals surface area contributed by atoms with Crippen molar-refractivity contribution in [2.45, 2.75) is 64.0 Å². The molecule has 1 aromatic rings. The highest BCUT2D eigenvalue weighted by Crippen LogP contribution is 2.30. The number of aromatic nitrogens is 1. The molecule has 19 heavy (non-hydrogen) atoms. The van der Waals surface area contributed by atoms with Gasteiger partial charge in [0.25, 0.3) is 0 Å². The molecule has 2 rings (SSSR count). The highest BCUT2D eigenvalue weighted by atomic mass is 32.1. The monoisotopic (exact) mass is 282 g/mol. The molecule has 4 heteroatoms. The molecule has 0 amide bonds. The highest BCUT2D eigenvalue weighted by molar-refractivity contribution is 7.09. The Labute approximate surface area is 120 Å². The first kappa shape index (κ1) is 14.9. The summed E-state index contributed by atoms with van der Waals surface area (Å²) >= 11 is 1.73. The van der Waals surface area contributed by atoms with E-state index in [-0.39, 0.29) is 5.41 Å². The predicted octanol–water partition coefficient (Wildman–Crippen LogP) is 3.18. The first-order valence-electron chi connectivity index (χ1n) is 7.14. The summed E-state index contributed by atoms with van der Waals surface area (Å²) < 4.78 is 0. The van der Waals surface area contributed by atoms with E-state index in [0.29, 0.717) is 0 Å². The van der Waals surface area contributed by atoms with E-state index in [9.17, 15) is 5.11 Å². The molecule has 0 saturated heterocycles. The quantitative estimate of drug-likeness (QED) is 0.921. The summed E-state index contributed by atoms with van der Waals surface area (Å²) in [4.78, 5) is 6.92. The van der Waals surface area contributed by atoms with Crippen LogP contribution in [0.4, 0.5) is 0 Å². The van der Waals surface area contributed by atoms with Crippen molar-refractivity contribution in [2.75, 3.05) is 13.6 Å². The normalized spacial score (nSPS) is 19.3. The SMILES string of the molecule is CN(Cc1nc(C(C)(C)C)cs1)CC1(O)CCCC1. The van der Waals surface area contributed by atoms with Gasteiger partial charge in [-0.2, -0.15) is 0 Å². The highest BCUT2D eigenvalue weighted by Gasteiger charge is 2.32. The van der Waals surface area contributed by atoms with E-state index < -0.39 is 5.60 Å². The van der Waals surface area contributed by atoms with Crippen molar-refractivity contribution in [2.24, 2.45) is 0 Å². The van der Waals surface area contributed by atoms with Crippen molar-refractivity contribution in [1.29, 1.82) is 0 Å². The van der Waals surface area contributed by atoms with Gasteiger partial charge in [-0.05, 0) is 19.9 Å². The fraction of sp³-hybridized carbons (Fsp3) is 0.800. The lowest BCUT2D eigenvalue weighted by atomic mass is 9.93. The van der Waals surface area contributed by atoms with Gasteiger partial charge in [-0.3, -0.25) is 4.90 Å². The Balaban J connectivity index is 1.92. The Morgan fingerprint density at radius 2 is 2.00 bits per heavy atom. The summed E-state index contributed by atoms with van der Waals surface area (Å²) in [7, 11) is 2.08. The van der Waals surface area contributed by atoms with Crippen molar-refractivity contribution >= 4 is 11.3 Å². The van der Waals surface area contributed by atoms with E-state index in [4.69, 9.17) is 4.98 Å². The van der Waals surface area contributed by atoms with E-state index >= 15 is 0 Å². The van der Waals surface area contributed by atoms with Crippen molar-refractivity contribution < 1.29 is 5.11 Å². The summed E-state index contributed by atoms with van der Waals surface area (Å²) in [5.41, 5.74) is 0.830. The van der Waals surface area contributed by atoms with Crippen molar-refractivity contribution in [3.05, 3.63) is 16.1 Å². The molecule has 1 aromatic heterocycles. The minimum absolute atomic E-state index is 0.122. The first-order valence-corrected chi connectivity index (χ1v) is 8.02. The molecule has 1 aliphatic rings. The van der Waals surface area contributed by atoms with Gasteiger partial charge in [0.2, 0.25) is 0 Å². The molecule has 0 aromatic carbocycles. The molecular formula is C15H26N2OS. The smallest absolute Gasteiger partial charge is 0.107 e. The predicted molar refractivity (Wildman–Crippen MR) is 80.6 cm³/mol.